The van der Waals surface area contributed by atoms with E-state index in [-0.39, 0.29) is 28.1 Å². The summed E-state index contributed by atoms with van der Waals surface area (Å²) in [6.45, 7) is 14.4. The first-order valence-electron chi connectivity index (χ1n) is 11.1. The van der Waals surface area contributed by atoms with E-state index in [1.807, 2.05) is 43.3 Å². The molecule has 3 heteroatoms. The molecule has 0 aromatic heterocycles. The summed E-state index contributed by atoms with van der Waals surface area (Å²) in [6, 6.07) is 18.5. The summed E-state index contributed by atoms with van der Waals surface area (Å²) in [5.41, 5.74) is 4.03. The van der Waals surface area contributed by atoms with Gasteiger partial charge in [0.2, 0.25) is 0 Å². The fourth-order valence-electron chi connectivity index (χ4n) is 4.15. The van der Waals surface area contributed by atoms with E-state index in [9.17, 15) is 15.0 Å². The van der Waals surface area contributed by atoms with Crippen LogP contribution in [0.2, 0.25) is 0 Å². The van der Waals surface area contributed by atoms with E-state index in [1.54, 1.807) is 24.3 Å². The van der Waals surface area contributed by atoms with E-state index >= 15 is 0 Å². The fourth-order valence-corrected chi connectivity index (χ4v) is 4.15. The predicted octanol–water partition coefficient (Wildman–Crippen LogP) is 7.02. The first kappa shape index (κ1) is 23.6. The second-order valence-electron chi connectivity index (χ2n) is 10.7. The number of carbonyl (C=O) groups excluding carboxylic acids is 1. The number of para-hydroxylation sites is 1. The number of rotatable bonds is 4. The summed E-state index contributed by atoms with van der Waals surface area (Å²) in [6.07, 6.45) is 0. The number of phenolic OH excluding ortho intramolecular Hbond substituents is 2. The molecule has 0 bridgehead atoms. The highest BCUT2D eigenvalue weighted by atomic mass is 16.3. The molecule has 0 aliphatic carbocycles. The third-order valence-electron chi connectivity index (χ3n) is 5.89. The normalized spacial score (nSPS) is 13.1. The van der Waals surface area contributed by atoms with E-state index in [0.29, 0.717) is 5.56 Å². The van der Waals surface area contributed by atoms with Crippen LogP contribution >= 0.6 is 0 Å². The van der Waals surface area contributed by atoms with Gasteiger partial charge in [-0.05, 0) is 52.1 Å². The van der Waals surface area contributed by atoms with Crippen molar-refractivity contribution in [2.45, 2.75) is 65.2 Å². The van der Waals surface area contributed by atoms with Crippen LogP contribution in [-0.2, 0) is 10.8 Å². The van der Waals surface area contributed by atoms with E-state index in [4.69, 9.17) is 0 Å². The van der Waals surface area contributed by atoms with Crippen LogP contribution < -0.4 is 0 Å². The van der Waals surface area contributed by atoms with Gasteiger partial charge in [0.25, 0.3) is 0 Å². The molecule has 3 aromatic rings. The summed E-state index contributed by atoms with van der Waals surface area (Å²) in [4.78, 5) is 13.9. The molecule has 0 saturated carbocycles. The number of Topliss-reactive ketones (excluding diaryl/α,β-unsaturated/α-hetero) is 1. The monoisotopic (exact) mass is 430 g/mol. The Morgan fingerprint density at radius 2 is 1.31 bits per heavy atom. The van der Waals surface area contributed by atoms with Crippen LogP contribution in [0.4, 0.5) is 0 Å². The van der Waals surface area contributed by atoms with Gasteiger partial charge in [0, 0.05) is 0 Å². The molecule has 0 aliphatic heterocycles. The number of aromatic hydroxyl groups is 2. The van der Waals surface area contributed by atoms with Crippen LogP contribution in [0.3, 0.4) is 0 Å². The van der Waals surface area contributed by atoms with E-state index < -0.39 is 5.92 Å². The summed E-state index contributed by atoms with van der Waals surface area (Å²) in [7, 11) is 0. The molecule has 0 saturated heterocycles. The molecule has 0 fully saturated rings. The minimum Gasteiger partial charge on any atom is -0.507 e. The second kappa shape index (κ2) is 8.46. The van der Waals surface area contributed by atoms with Gasteiger partial charge in [0.05, 0.1) is 11.5 Å². The zero-order valence-electron chi connectivity index (χ0n) is 20.2. The SMILES string of the molecule is Cc1cccc(C(C(=O)c2ccccc2O)c2cc(C(C)(C)C)c(O)c(C(C)(C)C)c2)c1. The molecule has 3 nitrogen and oxygen atoms in total. The smallest absolute Gasteiger partial charge is 0.178 e. The van der Waals surface area contributed by atoms with Crippen LogP contribution in [0.1, 0.15) is 85.6 Å². The summed E-state index contributed by atoms with van der Waals surface area (Å²) in [5.74, 6) is -0.516. The van der Waals surface area contributed by atoms with Crippen LogP contribution in [0.15, 0.2) is 60.7 Å². The van der Waals surface area contributed by atoms with Gasteiger partial charge in [0.1, 0.15) is 11.5 Å². The number of ketones is 1. The Bertz CT molecular complexity index is 1110. The molecular weight excluding hydrogens is 396 g/mol. The second-order valence-corrected chi connectivity index (χ2v) is 10.7. The highest BCUT2D eigenvalue weighted by Crippen LogP contribution is 2.43. The van der Waals surface area contributed by atoms with Crippen molar-refractivity contribution in [3.63, 3.8) is 0 Å². The highest BCUT2D eigenvalue weighted by Gasteiger charge is 2.32. The lowest BCUT2D eigenvalue weighted by atomic mass is 9.75. The molecule has 168 valence electrons. The molecule has 0 heterocycles. The predicted molar refractivity (Wildman–Crippen MR) is 131 cm³/mol. The quantitative estimate of drug-likeness (QED) is 0.437. The topological polar surface area (TPSA) is 57.5 Å². The Kier molecular flexibility index (Phi) is 6.24. The Hall–Kier alpha value is -3.07. The van der Waals surface area contributed by atoms with Gasteiger partial charge in [-0.2, -0.15) is 0 Å². The number of phenols is 2. The third kappa shape index (κ3) is 4.72. The lowest BCUT2D eigenvalue weighted by molar-refractivity contribution is 0.0971. The van der Waals surface area contributed by atoms with Crippen LogP contribution in [0, 0.1) is 6.92 Å². The summed E-state index contributed by atoms with van der Waals surface area (Å²) >= 11 is 0. The average molecular weight is 431 g/mol. The zero-order valence-corrected chi connectivity index (χ0v) is 20.2. The van der Waals surface area contributed by atoms with Gasteiger partial charge in [0.15, 0.2) is 5.78 Å². The van der Waals surface area contributed by atoms with Gasteiger partial charge in [-0.15, -0.1) is 0 Å². The molecule has 1 unspecified atom stereocenters. The number of hydrogen-bond acceptors (Lipinski definition) is 3. The van der Waals surface area contributed by atoms with Crippen molar-refractivity contribution >= 4 is 5.78 Å². The summed E-state index contributed by atoms with van der Waals surface area (Å²) < 4.78 is 0. The number of benzene rings is 3. The average Bonchev–Trinajstić information content (AvgIpc) is 2.67. The first-order valence-corrected chi connectivity index (χ1v) is 11.1. The molecule has 0 amide bonds. The summed E-state index contributed by atoms with van der Waals surface area (Å²) in [5, 5.41) is 21.6. The van der Waals surface area contributed by atoms with Gasteiger partial charge in [-0.1, -0.05) is 95.6 Å². The molecule has 32 heavy (non-hydrogen) atoms. The molecule has 1 atom stereocenters. The lowest BCUT2D eigenvalue weighted by Crippen LogP contribution is -2.21. The van der Waals surface area contributed by atoms with Crippen LogP contribution in [-0.4, -0.2) is 16.0 Å². The fraction of sp³-hybridized carbons (Fsp3) is 0.345. The molecule has 2 N–H and O–H groups in total. The largest absolute Gasteiger partial charge is 0.507 e. The van der Waals surface area contributed by atoms with Crippen molar-refractivity contribution in [1.82, 2.24) is 0 Å². The molecule has 0 radical (unpaired) electrons. The van der Waals surface area contributed by atoms with Crippen molar-refractivity contribution < 1.29 is 15.0 Å². The molecule has 0 spiro atoms. The maximum Gasteiger partial charge on any atom is 0.178 e. The molecule has 3 rings (SSSR count). The van der Waals surface area contributed by atoms with Crippen molar-refractivity contribution in [1.29, 1.82) is 0 Å². The van der Waals surface area contributed by atoms with E-state index in [2.05, 4.69) is 41.5 Å². The highest BCUT2D eigenvalue weighted by molar-refractivity contribution is 6.05. The maximum absolute atomic E-state index is 13.9. The third-order valence-corrected chi connectivity index (χ3v) is 5.89. The minimum atomic E-state index is -0.606. The van der Waals surface area contributed by atoms with E-state index in [1.165, 1.54) is 0 Å². The van der Waals surface area contributed by atoms with Crippen molar-refractivity contribution in [3.8, 4) is 11.5 Å². The number of hydrogen-bond donors (Lipinski definition) is 2. The standard InChI is InChI=1S/C29H34O3/c1-18-11-10-12-19(15-18)25(26(31)21-13-8-9-14-24(21)30)20-16-22(28(2,3)4)27(32)23(17-20)29(5,6)7/h8-17,25,30,32H,1-7H3. The number of aryl methyl sites for hydroxylation is 1. The Morgan fingerprint density at radius 1 is 0.750 bits per heavy atom. The van der Waals surface area contributed by atoms with Crippen molar-refractivity contribution in [2.24, 2.45) is 0 Å². The molecule has 3 aromatic carbocycles. The molecular formula is C29H34O3. The first-order chi connectivity index (χ1) is 14.8. The Labute approximate surface area is 191 Å². The van der Waals surface area contributed by atoms with Crippen LogP contribution in [0.25, 0.3) is 0 Å². The van der Waals surface area contributed by atoms with Gasteiger partial charge >= 0.3 is 0 Å². The van der Waals surface area contributed by atoms with E-state index in [0.717, 1.165) is 27.8 Å². The van der Waals surface area contributed by atoms with Gasteiger partial charge in [-0.25, -0.2) is 0 Å². The van der Waals surface area contributed by atoms with Crippen molar-refractivity contribution in [3.05, 3.63) is 94.0 Å². The lowest BCUT2D eigenvalue weighted by Gasteiger charge is -2.30. The Morgan fingerprint density at radius 3 is 1.81 bits per heavy atom. The maximum atomic E-state index is 13.9. The van der Waals surface area contributed by atoms with Gasteiger partial charge in [-0.3, -0.25) is 4.79 Å². The van der Waals surface area contributed by atoms with Gasteiger partial charge < -0.3 is 10.2 Å². The number of carbonyl (C=O) groups is 1. The Balaban J connectivity index is 2.35. The van der Waals surface area contributed by atoms with Crippen molar-refractivity contribution in [2.75, 3.05) is 0 Å². The minimum absolute atomic E-state index is 0.0268. The van der Waals surface area contributed by atoms with Crippen LogP contribution in [0.5, 0.6) is 11.5 Å². The zero-order chi connectivity index (χ0) is 23.8. The molecule has 0 aliphatic rings.